The van der Waals surface area contributed by atoms with Gasteiger partial charge in [0.05, 0.1) is 19.3 Å². The first-order chi connectivity index (χ1) is 17.9. The summed E-state index contributed by atoms with van der Waals surface area (Å²) in [6.07, 6.45) is 3.08. The van der Waals surface area contributed by atoms with Crippen molar-refractivity contribution in [1.29, 1.82) is 0 Å². The number of hydrogen-bond donors (Lipinski definition) is 2. The molecule has 6 nitrogen and oxygen atoms in total. The van der Waals surface area contributed by atoms with Gasteiger partial charge in [0.1, 0.15) is 11.8 Å². The van der Waals surface area contributed by atoms with Crippen LogP contribution in [0.25, 0.3) is 11.1 Å². The van der Waals surface area contributed by atoms with E-state index in [4.69, 9.17) is 9.47 Å². The van der Waals surface area contributed by atoms with Crippen LogP contribution in [0.15, 0.2) is 60.7 Å². The fourth-order valence-corrected chi connectivity index (χ4v) is 4.95. The number of aliphatic carboxylic acids is 1. The molecule has 3 aromatic carbocycles. The lowest BCUT2D eigenvalue weighted by Crippen LogP contribution is -2.41. The number of carboxylic acid groups (broad SMARTS) is 1. The molecule has 3 aromatic rings. The Bertz CT molecular complexity index is 1270. The zero-order valence-corrected chi connectivity index (χ0v) is 22.3. The highest BCUT2D eigenvalue weighted by molar-refractivity contribution is 7.98. The number of carbonyl (C=O) groups excluding carboxylic acids is 1. The fraction of sp³-hybridized carbons (Fsp3) is 0.333. The number of fused-ring (bicyclic) bond motifs is 1. The highest BCUT2D eigenvalue weighted by atomic mass is 32.2. The van der Waals surface area contributed by atoms with Gasteiger partial charge in [0, 0.05) is 12.0 Å². The van der Waals surface area contributed by atoms with E-state index in [-0.39, 0.29) is 6.10 Å². The summed E-state index contributed by atoms with van der Waals surface area (Å²) in [6, 6.07) is 18.7. The lowest BCUT2D eigenvalue weighted by molar-refractivity contribution is -0.139. The average Bonchev–Trinajstić information content (AvgIpc) is 3.37. The van der Waals surface area contributed by atoms with E-state index in [0.717, 1.165) is 46.6 Å². The van der Waals surface area contributed by atoms with E-state index in [1.54, 1.807) is 17.8 Å². The number of thioether (sulfide) groups is 1. The van der Waals surface area contributed by atoms with Crippen molar-refractivity contribution in [3.63, 3.8) is 0 Å². The van der Waals surface area contributed by atoms with Crippen molar-refractivity contribution < 1.29 is 24.2 Å². The van der Waals surface area contributed by atoms with Crippen LogP contribution in [0.2, 0.25) is 0 Å². The molecule has 1 heterocycles. The Labute approximate surface area is 222 Å². The summed E-state index contributed by atoms with van der Waals surface area (Å²) >= 11 is 1.55. The molecule has 1 aliphatic rings. The topological polar surface area (TPSA) is 84.9 Å². The summed E-state index contributed by atoms with van der Waals surface area (Å²) in [6.45, 7) is 5.13. The minimum absolute atomic E-state index is 0.108. The quantitative estimate of drug-likeness (QED) is 0.333. The molecule has 4 rings (SSSR count). The van der Waals surface area contributed by atoms with Crippen LogP contribution < -0.4 is 10.1 Å². The molecule has 0 bridgehead atoms. The molecule has 0 aromatic heterocycles. The van der Waals surface area contributed by atoms with E-state index in [0.29, 0.717) is 24.3 Å². The fourth-order valence-electron chi connectivity index (χ4n) is 4.48. The van der Waals surface area contributed by atoms with Crippen LogP contribution in [-0.4, -0.2) is 41.6 Å². The third-order valence-electron chi connectivity index (χ3n) is 6.66. The number of carbonyl (C=O) groups is 2. The van der Waals surface area contributed by atoms with Crippen molar-refractivity contribution in [2.45, 2.75) is 45.4 Å². The van der Waals surface area contributed by atoms with E-state index < -0.39 is 17.9 Å². The summed E-state index contributed by atoms with van der Waals surface area (Å²) in [5.41, 5.74) is 6.40. The molecule has 0 saturated heterocycles. The standard InChI is InChI=1S/C30H33NO5S/c1-19-6-4-5-7-24(19)26-16-21(8-10-25(26)29(32)31-27(30(33)34)13-15-37-3)18-36-20(2)22-9-11-28-23(17-22)12-14-35-28/h4-11,16-17,20,27H,12-15,18H2,1-3H3,(H,31,32)(H,33,34). The van der Waals surface area contributed by atoms with E-state index in [9.17, 15) is 14.7 Å². The average molecular weight is 520 g/mol. The van der Waals surface area contributed by atoms with Crippen molar-refractivity contribution in [1.82, 2.24) is 5.32 Å². The van der Waals surface area contributed by atoms with E-state index >= 15 is 0 Å². The molecule has 1 aliphatic heterocycles. The van der Waals surface area contributed by atoms with Gasteiger partial charge in [-0.15, -0.1) is 0 Å². The molecular formula is C30H33NO5S. The Hall–Kier alpha value is -3.29. The smallest absolute Gasteiger partial charge is 0.326 e. The minimum atomic E-state index is -1.03. The maximum atomic E-state index is 13.3. The Morgan fingerprint density at radius 1 is 1.11 bits per heavy atom. The van der Waals surface area contributed by atoms with Crippen LogP contribution in [0.1, 0.15) is 52.1 Å². The molecule has 0 radical (unpaired) electrons. The predicted molar refractivity (Wildman–Crippen MR) is 147 cm³/mol. The van der Waals surface area contributed by atoms with Crippen LogP contribution in [0.3, 0.4) is 0 Å². The van der Waals surface area contributed by atoms with E-state index in [1.165, 1.54) is 5.56 Å². The second-order valence-electron chi connectivity index (χ2n) is 9.26. The van der Waals surface area contributed by atoms with Crippen LogP contribution in [-0.2, 0) is 22.6 Å². The second-order valence-corrected chi connectivity index (χ2v) is 10.2. The molecule has 37 heavy (non-hydrogen) atoms. The summed E-state index contributed by atoms with van der Waals surface area (Å²) in [4.78, 5) is 25.0. The first kappa shape index (κ1) is 26.8. The van der Waals surface area contributed by atoms with Gasteiger partial charge < -0.3 is 19.9 Å². The number of benzene rings is 3. The number of aryl methyl sites for hydroxylation is 1. The van der Waals surface area contributed by atoms with Crippen molar-refractivity contribution in [2.75, 3.05) is 18.6 Å². The van der Waals surface area contributed by atoms with Gasteiger partial charge in [-0.25, -0.2) is 4.79 Å². The van der Waals surface area contributed by atoms with Gasteiger partial charge in [0.2, 0.25) is 0 Å². The molecule has 7 heteroatoms. The monoisotopic (exact) mass is 519 g/mol. The van der Waals surface area contributed by atoms with Gasteiger partial charge in [-0.3, -0.25) is 4.79 Å². The van der Waals surface area contributed by atoms with E-state index in [1.807, 2.05) is 68.6 Å². The number of amides is 1. The van der Waals surface area contributed by atoms with Crippen molar-refractivity contribution >= 4 is 23.6 Å². The first-order valence-electron chi connectivity index (χ1n) is 12.5. The SMILES string of the molecule is CSCCC(NC(=O)c1ccc(COC(C)c2ccc3c(c2)CCO3)cc1-c1ccccc1C)C(=O)O. The van der Waals surface area contributed by atoms with Gasteiger partial charge in [-0.05, 0) is 89.9 Å². The third kappa shape index (κ3) is 6.53. The Morgan fingerprint density at radius 3 is 2.68 bits per heavy atom. The van der Waals surface area contributed by atoms with Gasteiger partial charge in [0.25, 0.3) is 5.91 Å². The van der Waals surface area contributed by atoms with Gasteiger partial charge in [-0.2, -0.15) is 11.8 Å². The third-order valence-corrected chi connectivity index (χ3v) is 7.30. The zero-order valence-electron chi connectivity index (χ0n) is 21.5. The molecule has 0 spiro atoms. The molecule has 0 saturated carbocycles. The predicted octanol–water partition coefficient (Wildman–Crippen LogP) is 5.81. The number of nitrogens with one attached hydrogen (secondary N) is 1. The summed E-state index contributed by atoms with van der Waals surface area (Å²) < 4.78 is 11.8. The lowest BCUT2D eigenvalue weighted by atomic mass is 9.93. The number of hydrogen-bond acceptors (Lipinski definition) is 5. The minimum Gasteiger partial charge on any atom is -0.493 e. The van der Waals surface area contributed by atoms with Gasteiger partial charge in [0.15, 0.2) is 0 Å². The van der Waals surface area contributed by atoms with E-state index in [2.05, 4.69) is 11.4 Å². The summed E-state index contributed by atoms with van der Waals surface area (Å²) in [5.74, 6) is 0.171. The summed E-state index contributed by atoms with van der Waals surface area (Å²) in [7, 11) is 0. The number of carboxylic acids is 1. The van der Waals surface area contributed by atoms with Crippen LogP contribution in [0.4, 0.5) is 0 Å². The number of rotatable bonds is 11. The lowest BCUT2D eigenvalue weighted by Gasteiger charge is -2.18. The molecule has 2 unspecified atom stereocenters. The van der Waals surface area contributed by atoms with Crippen molar-refractivity contribution in [3.8, 4) is 16.9 Å². The molecular weight excluding hydrogens is 486 g/mol. The largest absolute Gasteiger partial charge is 0.493 e. The maximum absolute atomic E-state index is 13.3. The van der Waals surface area contributed by atoms with Crippen molar-refractivity contribution in [2.24, 2.45) is 0 Å². The van der Waals surface area contributed by atoms with Gasteiger partial charge in [-0.1, -0.05) is 36.4 Å². The zero-order chi connectivity index (χ0) is 26.4. The molecule has 194 valence electrons. The maximum Gasteiger partial charge on any atom is 0.326 e. The Balaban J connectivity index is 1.56. The highest BCUT2D eigenvalue weighted by Crippen LogP contribution is 2.31. The Morgan fingerprint density at radius 2 is 1.92 bits per heavy atom. The Kier molecular flexibility index (Phi) is 8.90. The first-order valence-corrected chi connectivity index (χ1v) is 13.9. The molecule has 0 fully saturated rings. The molecule has 2 N–H and O–H groups in total. The van der Waals surface area contributed by atoms with Gasteiger partial charge >= 0.3 is 5.97 Å². The molecule has 1 amide bonds. The summed E-state index contributed by atoms with van der Waals surface area (Å²) in [5, 5.41) is 12.3. The van der Waals surface area contributed by atoms with Crippen LogP contribution >= 0.6 is 11.8 Å². The number of ether oxygens (including phenoxy) is 2. The highest BCUT2D eigenvalue weighted by Gasteiger charge is 2.23. The second kappa shape index (κ2) is 12.3. The molecule has 0 aliphatic carbocycles. The molecule has 2 atom stereocenters. The van der Waals surface area contributed by atoms with Crippen LogP contribution in [0, 0.1) is 6.92 Å². The van der Waals surface area contributed by atoms with Crippen molar-refractivity contribution in [3.05, 3.63) is 88.5 Å². The van der Waals surface area contributed by atoms with Crippen LogP contribution in [0.5, 0.6) is 5.75 Å². The normalized spacial score (nSPS) is 13.9.